The maximum Gasteiger partial charge on any atom is 0.242 e. The molecule has 0 aliphatic carbocycles. The van der Waals surface area contributed by atoms with Gasteiger partial charge in [0, 0.05) is 12.1 Å². The van der Waals surface area contributed by atoms with Gasteiger partial charge in [0.2, 0.25) is 11.8 Å². The Morgan fingerprint density at radius 2 is 1.68 bits per heavy atom. The predicted octanol–water partition coefficient (Wildman–Crippen LogP) is 4.01. The zero-order valence-electron chi connectivity index (χ0n) is 17.3. The molecule has 0 saturated heterocycles. The molecule has 4 nitrogen and oxygen atoms in total. The molecule has 1 unspecified atom stereocenters. The molecule has 1 N–H and O–H groups in total. The number of aryl methyl sites for hydroxylation is 1. The third-order valence-electron chi connectivity index (χ3n) is 4.44. The number of hydrogen-bond donors (Lipinski definition) is 1. The van der Waals surface area contributed by atoms with E-state index >= 15 is 0 Å². The molecule has 0 radical (unpaired) electrons. The van der Waals surface area contributed by atoms with Gasteiger partial charge in [-0.2, -0.15) is 0 Å². The molecule has 0 aliphatic heterocycles. The Morgan fingerprint density at radius 1 is 1.07 bits per heavy atom. The lowest BCUT2D eigenvalue weighted by atomic mass is 10.1. The summed E-state index contributed by atoms with van der Waals surface area (Å²) < 4.78 is 14.0. The summed E-state index contributed by atoms with van der Waals surface area (Å²) in [6.07, 6.45) is -0.0916. The first-order valence-electron chi connectivity index (χ1n) is 9.47. The summed E-state index contributed by atoms with van der Waals surface area (Å²) >= 11 is 0. The van der Waals surface area contributed by atoms with Gasteiger partial charge in [0.25, 0.3) is 0 Å². The van der Waals surface area contributed by atoms with Crippen LogP contribution in [0.2, 0.25) is 0 Å². The van der Waals surface area contributed by atoms with Crippen LogP contribution >= 0.6 is 0 Å². The number of nitrogens with zero attached hydrogens (tertiary/aromatic N) is 1. The Bertz CT molecular complexity index is 825. The van der Waals surface area contributed by atoms with E-state index in [0.29, 0.717) is 5.56 Å². The van der Waals surface area contributed by atoms with Gasteiger partial charge in [-0.1, -0.05) is 48.0 Å². The van der Waals surface area contributed by atoms with Crippen LogP contribution in [0.3, 0.4) is 0 Å². The average molecular weight is 384 g/mol. The van der Waals surface area contributed by atoms with Crippen LogP contribution in [-0.2, 0) is 22.6 Å². The molecule has 0 bridgehead atoms. The number of carbonyl (C=O) groups is 2. The van der Waals surface area contributed by atoms with E-state index in [2.05, 4.69) is 5.32 Å². The second-order valence-electron chi connectivity index (χ2n) is 8.19. The molecule has 150 valence electrons. The molecule has 2 aromatic carbocycles. The molecule has 0 fully saturated rings. The van der Waals surface area contributed by atoms with Gasteiger partial charge in [-0.3, -0.25) is 9.59 Å². The van der Waals surface area contributed by atoms with Crippen LogP contribution in [0.25, 0.3) is 0 Å². The summed E-state index contributed by atoms with van der Waals surface area (Å²) in [6, 6.07) is 13.3. The summed E-state index contributed by atoms with van der Waals surface area (Å²) in [5.41, 5.74) is 1.95. The minimum atomic E-state index is -0.681. The normalized spacial score (nSPS) is 12.4. The minimum absolute atomic E-state index is 0.0916. The second kappa shape index (κ2) is 9.00. The highest BCUT2D eigenvalue weighted by Gasteiger charge is 2.28. The maximum absolute atomic E-state index is 14.0. The van der Waals surface area contributed by atoms with E-state index < -0.39 is 17.4 Å². The third-order valence-corrected chi connectivity index (χ3v) is 4.44. The minimum Gasteiger partial charge on any atom is -0.350 e. The van der Waals surface area contributed by atoms with E-state index in [1.165, 1.54) is 11.0 Å². The van der Waals surface area contributed by atoms with Gasteiger partial charge < -0.3 is 10.2 Å². The molecule has 2 rings (SSSR count). The van der Waals surface area contributed by atoms with Crippen molar-refractivity contribution in [1.29, 1.82) is 0 Å². The number of amides is 2. The molecule has 28 heavy (non-hydrogen) atoms. The summed E-state index contributed by atoms with van der Waals surface area (Å²) in [7, 11) is 0. The number of rotatable bonds is 6. The second-order valence-corrected chi connectivity index (χ2v) is 8.19. The van der Waals surface area contributed by atoms with Crippen molar-refractivity contribution in [2.45, 2.75) is 59.2 Å². The number of carbonyl (C=O) groups excluding carboxylic acids is 2. The van der Waals surface area contributed by atoms with Crippen LogP contribution < -0.4 is 5.32 Å². The van der Waals surface area contributed by atoms with E-state index in [0.717, 1.165) is 11.1 Å². The zero-order valence-corrected chi connectivity index (χ0v) is 17.3. The largest absolute Gasteiger partial charge is 0.350 e. The highest BCUT2D eigenvalue weighted by atomic mass is 19.1. The molecule has 1 atom stereocenters. The quantitative estimate of drug-likeness (QED) is 0.818. The molecule has 0 aromatic heterocycles. The number of hydrogen-bond acceptors (Lipinski definition) is 2. The molecule has 0 heterocycles. The zero-order chi connectivity index (χ0) is 20.9. The number of benzene rings is 2. The summed E-state index contributed by atoms with van der Waals surface area (Å²) in [5.74, 6) is -0.943. The molecule has 0 spiro atoms. The maximum atomic E-state index is 14.0. The molecule has 0 saturated carbocycles. The lowest BCUT2D eigenvalue weighted by Crippen LogP contribution is -2.52. The fraction of sp³-hybridized carbons (Fsp3) is 0.391. The van der Waals surface area contributed by atoms with Gasteiger partial charge in [0.1, 0.15) is 11.9 Å². The van der Waals surface area contributed by atoms with Crippen molar-refractivity contribution in [2.24, 2.45) is 0 Å². The van der Waals surface area contributed by atoms with E-state index in [-0.39, 0.29) is 24.8 Å². The van der Waals surface area contributed by atoms with Crippen molar-refractivity contribution in [3.8, 4) is 0 Å². The molecular weight excluding hydrogens is 355 g/mol. The van der Waals surface area contributed by atoms with Crippen molar-refractivity contribution in [1.82, 2.24) is 10.2 Å². The lowest BCUT2D eigenvalue weighted by molar-refractivity contribution is -0.140. The van der Waals surface area contributed by atoms with Gasteiger partial charge >= 0.3 is 0 Å². The van der Waals surface area contributed by atoms with E-state index in [1.807, 2.05) is 52.0 Å². The number of halogens is 1. The highest BCUT2D eigenvalue weighted by Crippen LogP contribution is 2.15. The van der Waals surface area contributed by atoms with Crippen LogP contribution in [0.4, 0.5) is 4.39 Å². The van der Waals surface area contributed by atoms with Crippen molar-refractivity contribution in [2.75, 3.05) is 0 Å². The van der Waals surface area contributed by atoms with Crippen molar-refractivity contribution >= 4 is 11.8 Å². The predicted molar refractivity (Wildman–Crippen MR) is 109 cm³/mol. The Balaban J connectivity index is 2.26. The van der Waals surface area contributed by atoms with Gasteiger partial charge in [0.15, 0.2) is 0 Å². The third kappa shape index (κ3) is 6.19. The molecule has 5 heteroatoms. The fourth-order valence-corrected chi connectivity index (χ4v) is 2.85. The van der Waals surface area contributed by atoms with E-state index in [4.69, 9.17) is 0 Å². The van der Waals surface area contributed by atoms with Crippen LogP contribution in [0.15, 0.2) is 48.5 Å². The summed E-state index contributed by atoms with van der Waals surface area (Å²) in [4.78, 5) is 27.2. The molecule has 2 amide bonds. The van der Waals surface area contributed by atoms with Crippen LogP contribution in [0.1, 0.15) is 44.4 Å². The average Bonchev–Trinajstić information content (AvgIpc) is 2.61. The van der Waals surface area contributed by atoms with Crippen molar-refractivity contribution in [3.05, 3.63) is 71.0 Å². The van der Waals surface area contributed by atoms with E-state index in [1.54, 1.807) is 25.1 Å². The molecule has 0 aliphatic rings. The Morgan fingerprint density at radius 3 is 2.25 bits per heavy atom. The first-order valence-corrected chi connectivity index (χ1v) is 9.47. The lowest BCUT2D eigenvalue weighted by Gasteiger charge is -2.31. The Labute approximate surface area is 166 Å². The summed E-state index contributed by atoms with van der Waals surface area (Å²) in [5, 5.41) is 2.92. The van der Waals surface area contributed by atoms with Gasteiger partial charge in [-0.15, -0.1) is 0 Å². The van der Waals surface area contributed by atoms with Gasteiger partial charge in [0.05, 0.1) is 6.42 Å². The Kier molecular flexibility index (Phi) is 6.95. The van der Waals surface area contributed by atoms with Gasteiger partial charge in [-0.25, -0.2) is 4.39 Å². The smallest absolute Gasteiger partial charge is 0.242 e. The Hall–Kier alpha value is -2.69. The topological polar surface area (TPSA) is 49.4 Å². The SMILES string of the molecule is Cc1ccc(CN(C(=O)Cc2ccccc2F)C(C)C(=O)NC(C)(C)C)cc1. The fourth-order valence-electron chi connectivity index (χ4n) is 2.85. The van der Waals surface area contributed by atoms with Crippen molar-refractivity contribution in [3.63, 3.8) is 0 Å². The monoisotopic (exact) mass is 384 g/mol. The van der Waals surface area contributed by atoms with Crippen molar-refractivity contribution < 1.29 is 14.0 Å². The molecular formula is C23H29FN2O2. The number of nitrogens with one attached hydrogen (secondary N) is 1. The highest BCUT2D eigenvalue weighted by molar-refractivity contribution is 5.88. The standard InChI is InChI=1S/C23H29FN2O2/c1-16-10-12-18(13-11-16)15-26(17(2)22(28)25-23(3,4)5)21(27)14-19-8-6-7-9-20(19)24/h6-13,17H,14-15H2,1-5H3,(H,25,28). The van der Waals surface area contributed by atoms with Crippen LogP contribution in [0.5, 0.6) is 0 Å². The summed E-state index contributed by atoms with van der Waals surface area (Å²) in [6.45, 7) is 9.65. The first-order chi connectivity index (χ1) is 13.1. The van der Waals surface area contributed by atoms with Crippen LogP contribution in [-0.4, -0.2) is 28.3 Å². The van der Waals surface area contributed by atoms with E-state index in [9.17, 15) is 14.0 Å². The molecule has 2 aromatic rings. The van der Waals surface area contributed by atoms with Crippen LogP contribution in [0, 0.1) is 12.7 Å². The van der Waals surface area contributed by atoms with Gasteiger partial charge in [-0.05, 0) is 51.8 Å². The first kappa shape index (κ1) is 21.6.